The number of ether oxygens (including phenoxy) is 1. The standard InChI is InChI=1S/C13H12BrNO5/c14-8-3-4-10-9(6-8)11(7-13(17)20-10)19-5-1-2-12(16)15-18/h3-4,6-7,18H,1-2,5H2,(H,15,16). The summed E-state index contributed by atoms with van der Waals surface area (Å²) in [5.74, 6) is -0.0734. The molecule has 2 rings (SSSR count). The van der Waals surface area contributed by atoms with Crippen LogP contribution in [0.15, 0.2) is 37.9 Å². The molecule has 0 radical (unpaired) electrons. The van der Waals surface area contributed by atoms with Crippen molar-refractivity contribution >= 4 is 32.8 Å². The number of nitrogens with one attached hydrogen (secondary N) is 1. The highest BCUT2D eigenvalue weighted by molar-refractivity contribution is 9.10. The van der Waals surface area contributed by atoms with Crippen molar-refractivity contribution in [1.82, 2.24) is 5.48 Å². The number of amides is 1. The molecule has 0 saturated heterocycles. The minimum absolute atomic E-state index is 0.138. The smallest absolute Gasteiger partial charge is 0.339 e. The van der Waals surface area contributed by atoms with E-state index in [-0.39, 0.29) is 13.0 Å². The highest BCUT2D eigenvalue weighted by Gasteiger charge is 2.08. The molecule has 1 aromatic heterocycles. The van der Waals surface area contributed by atoms with Gasteiger partial charge in [0, 0.05) is 10.9 Å². The number of fused-ring (bicyclic) bond motifs is 1. The third kappa shape index (κ3) is 3.58. The molecule has 0 saturated carbocycles. The summed E-state index contributed by atoms with van der Waals surface area (Å²) in [6.45, 7) is 0.248. The Labute approximate surface area is 122 Å². The summed E-state index contributed by atoms with van der Waals surface area (Å²) >= 11 is 3.34. The highest BCUT2D eigenvalue weighted by Crippen LogP contribution is 2.27. The van der Waals surface area contributed by atoms with Crippen LogP contribution in [-0.4, -0.2) is 17.7 Å². The molecular weight excluding hydrogens is 330 g/mol. The van der Waals surface area contributed by atoms with Crippen LogP contribution in [0.5, 0.6) is 5.75 Å². The van der Waals surface area contributed by atoms with Gasteiger partial charge in [0.25, 0.3) is 0 Å². The van der Waals surface area contributed by atoms with E-state index in [9.17, 15) is 9.59 Å². The fraction of sp³-hybridized carbons (Fsp3) is 0.231. The number of carbonyl (C=O) groups excluding carboxylic acids is 1. The quantitative estimate of drug-likeness (QED) is 0.376. The summed E-state index contributed by atoms with van der Waals surface area (Å²) < 4.78 is 11.4. The maximum absolute atomic E-state index is 11.4. The van der Waals surface area contributed by atoms with E-state index < -0.39 is 11.5 Å². The zero-order chi connectivity index (χ0) is 14.5. The Bertz CT molecular complexity index is 682. The number of hydrogen-bond donors (Lipinski definition) is 2. The molecule has 0 fully saturated rings. The van der Waals surface area contributed by atoms with Crippen LogP contribution >= 0.6 is 15.9 Å². The van der Waals surface area contributed by atoms with Crippen molar-refractivity contribution in [1.29, 1.82) is 0 Å². The lowest BCUT2D eigenvalue weighted by Gasteiger charge is -2.08. The lowest BCUT2D eigenvalue weighted by Crippen LogP contribution is -2.18. The Balaban J connectivity index is 2.14. The molecule has 0 aliphatic carbocycles. The van der Waals surface area contributed by atoms with Gasteiger partial charge in [-0.1, -0.05) is 15.9 Å². The summed E-state index contributed by atoms with van der Waals surface area (Å²) in [5.41, 5.74) is 1.48. The first-order chi connectivity index (χ1) is 9.60. The molecule has 0 aliphatic heterocycles. The molecule has 2 aromatic rings. The van der Waals surface area contributed by atoms with Crippen LogP contribution < -0.4 is 15.8 Å². The molecule has 0 atom stereocenters. The monoisotopic (exact) mass is 341 g/mol. The second-order valence-electron chi connectivity index (χ2n) is 4.06. The van der Waals surface area contributed by atoms with Crippen molar-refractivity contribution in [3.05, 3.63) is 39.2 Å². The Morgan fingerprint density at radius 2 is 2.20 bits per heavy atom. The van der Waals surface area contributed by atoms with E-state index in [0.717, 1.165) is 4.47 Å². The molecule has 0 unspecified atom stereocenters. The van der Waals surface area contributed by atoms with E-state index in [4.69, 9.17) is 14.4 Å². The van der Waals surface area contributed by atoms with Gasteiger partial charge in [-0.2, -0.15) is 0 Å². The van der Waals surface area contributed by atoms with Crippen molar-refractivity contribution < 1.29 is 19.2 Å². The third-order valence-corrected chi connectivity index (χ3v) is 3.09. The van der Waals surface area contributed by atoms with E-state index in [1.165, 1.54) is 6.07 Å². The molecule has 1 amide bonds. The normalized spacial score (nSPS) is 10.5. The lowest BCUT2D eigenvalue weighted by molar-refractivity contribution is -0.129. The number of hydrogen-bond acceptors (Lipinski definition) is 5. The van der Waals surface area contributed by atoms with Gasteiger partial charge in [-0.05, 0) is 24.6 Å². The van der Waals surface area contributed by atoms with Crippen molar-refractivity contribution in [2.45, 2.75) is 12.8 Å². The molecule has 1 heterocycles. The summed E-state index contributed by atoms with van der Waals surface area (Å²) in [6, 6.07) is 6.49. The zero-order valence-electron chi connectivity index (χ0n) is 10.4. The van der Waals surface area contributed by atoms with E-state index in [2.05, 4.69) is 15.9 Å². The Morgan fingerprint density at radius 3 is 2.95 bits per heavy atom. The van der Waals surface area contributed by atoms with Gasteiger partial charge < -0.3 is 9.15 Å². The first kappa shape index (κ1) is 14.5. The summed E-state index contributed by atoms with van der Waals surface area (Å²) in [7, 11) is 0. The van der Waals surface area contributed by atoms with Crippen LogP contribution in [-0.2, 0) is 4.79 Å². The van der Waals surface area contributed by atoms with Gasteiger partial charge in [0.1, 0.15) is 11.3 Å². The van der Waals surface area contributed by atoms with Crippen molar-refractivity contribution in [3.8, 4) is 5.75 Å². The number of rotatable bonds is 5. The van der Waals surface area contributed by atoms with E-state index in [1.54, 1.807) is 23.7 Å². The van der Waals surface area contributed by atoms with Crippen LogP contribution in [0.1, 0.15) is 12.8 Å². The van der Waals surface area contributed by atoms with Gasteiger partial charge in [0.15, 0.2) is 0 Å². The average molecular weight is 342 g/mol. The van der Waals surface area contributed by atoms with E-state index in [1.807, 2.05) is 0 Å². The van der Waals surface area contributed by atoms with Crippen molar-refractivity contribution in [2.75, 3.05) is 6.61 Å². The molecule has 0 bridgehead atoms. The summed E-state index contributed by atoms with van der Waals surface area (Å²) in [4.78, 5) is 22.3. The topological polar surface area (TPSA) is 88.8 Å². The van der Waals surface area contributed by atoms with Crippen LogP contribution in [0.4, 0.5) is 0 Å². The van der Waals surface area contributed by atoms with Crippen LogP contribution in [0, 0.1) is 0 Å². The van der Waals surface area contributed by atoms with Crippen molar-refractivity contribution in [2.24, 2.45) is 0 Å². The van der Waals surface area contributed by atoms with Gasteiger partial charge >= 0.3 is 5.63 Å². The summed E-state index contributed by atoms with van der Waals surface area (Å²) in [5, 5.41) is 9.03. The zero-order valence-corrected chi connectivity index (χ0v) is 12.0. The SMILES string of the molecule is O=C(CCCOc1cc(=O)oc2ccc(Br)cc12)NO. The second kappa shape index (κ2) is 6.53. The van der Waals surface area contributed by atoms with Crippen LogP contribution in [0.2, 0.25) is 0 Å². The van der Waals surface area contributed by atoms with Gasteiger partial charge in [0.05, 0.1) is 18.1 Å². The first-order valence-electron chi connectivity index (χ1n) is 5.89. The number of benzene rings is 1. The van der Waals surface area contributed by atoms with E-state index >= 15 is 0 Å². The Kier molecular flexibility index (Phi) is 4.75. The maximum Gasteiger partial charge on any atom is 0.339 e. The van der Waals surface area contributed by atoms with Crippen molar-refractivity contribution in [3.63, 3.8) is 0 Å². The van der Waals surface area contributed by atoms with Gasteiger partial charge in [-0.3, -0.25) is 10.0 Å². The van der Waals surface area contributed by atoms with Gasteiger partial charge in [0.2, 0.25) is 5.91 Å². The molecular formula is C13H12BrNO5. The van der Waals surface area contributed by atoms with Crippen LogP contribution in [0.3, 0.4) is 0 Å². The number of hydroxylamine groups is 1. The number of carbonyl (C=O) groups is 1. The maximum atomic E-state index is 11.4. The Morgan fingerprint density at radius 1 is 1.40 bits per heavy atom. The molecule has 7 heteroatoms. The lowest BCUT2D eigenvalue weighted by atomic mass is 10.2. The predicted octanol–water partition coefficient (Wildman–Crippen LogP) is 2.22. The third-order valence-electron chi connectivity index (χ3n) is 2.60. The second-order valence-corrected chi connectivity index (χ2v) is 4.97. The molecule has 20 heavy (non-hydrogen) atoms. The Hall–Kier alpha value is -1.86. The predicted molar refractivity (Wildman–Crippen MR) is 74.8 cm³/mol. The van der Waals surface area contributed by atoms with Gasteiger partial charge in [-0.15, -0.1) is 0 Å². The first-order valence-corrected chi connectivity index (χ1v) is 6.68. The highest BCUT2D eigenvalue weighted by atomic mass is 79.9. The molecule has 106 valence electrons. The molecule has 6 nitrogen and oxygen atoms in total. The molecule has 0 spiro atoms. The fourth-order valence-electron chi connectivity index (χ4n) is 1.70. The average Bonchev–Trinajstić information content (AvgIpc) is 2.43. The van der Waals surface area contributed by atoms with Crippen LogP contribution in [0.25, 0.3) is 11.0 Å². The largest absolute Gasteiger partial charge is 0.493 e. The fourth-order valence-corrected chi connectivity index (χ4v) is 2.06. The van der Waals surface area contributed by atoms with E-state index in [0.29, 0.717) is 23.1 Å². The molecule has 1 aromatic carbocycles. The number of halogens is 1. The minimum Gasteiger partial charge on any atom is -0.493 e. The van der Waals surface area contributed by atoms with Gasteiger partial charge in [-0.25, -0.2) is 10.3 Å². The minimum atomic E-state index is -0.497. The molecule has 0 aliphatic rings. The molecule has 2 N–H and O–H groups in total. The summed E-state index contributed by atoms with van der Waals surface area (Å²) in [6.07, 6.45) is 0.557.